The molecule has 2 nitrogen and oxygen atoms in total. The third-order valence-corrected chi connectivity index (χ3v) is 4.57. The minimum Gasteiger partial charge on any atom is -0.382 e. The van der Waals surface area contributed by atoms with Crippen LogP contribution >= 0.6 is 0 Å². The molecule has 100 valence electrons. The average molecular weight is 254 g/mol. The summed E-state index contributed by atoms with van der Waals surface area (Å²) in [5.74, 6) is 1.70. The zero-order valence-electron chi connectivity index (χ0n) is 11.8. The molecule has 1 N–H and O–H groups in total. The summed E-state index contributed by atoms with van der Waals surface area (Å²) in [6, 6.07) is 11.2. The highest BCUT2D eigenvalue weighted by Crippen LogP contribution is 2.31. The predicted molar refractivity (Wildman–Crippen MR) is 81.3 cm³/mol. The lowest BCUT2D eigenvalue weighted by molar-refractivity contribution is 0.261. The van der Waals surface area contributed by atoms with E-state index < -0.39 is 0 Å². The quantitative estimate of drug-likeness (QED) is 0.855. The number of hydrogen-bond acceptors (Lipinski definition) is 2. The first kappa shape index (κ1) is 12.5. The molecule has 0 bridgehead atoms. The second-order valence-electron chi connectivity index (χ2n) is 6.02. The van der Waals surface area contributed by atoms with Gasteiger partial charge in [0.15, 0.2) is 0 Å². The van der Waals surface area contributed by atoms with E-state index >= 15 is 0 Å². The van der Waals surface area contributed by atoms with Crippen LogP contribution in [-0.2, 0) is 0 Å². The third-order valence-electron chi connectivity index (χ3n) is 4.57. The highest BCUT2D eigenvalue weighted by molar-refractivity contribution is 5.82. The number of benzene rings is 1. The number of hydrogen-bond donors (Lipinski definition) is 1. The first-order valence-corrected chi connectivity index (χ1v) is 7.33. The molecule has 0 radical (unpaired) electrons. The molecule has 3 rings (SSSR count). The van der Waals surface area contributed by atoms with Crippen LogP contribution in [0.5, 0.6) is 0 Å². The Kier molecular flexibility index (Phi) is 3.41. The van der Waals surface area contributed by atoms with Gasteiger partial charge in [-0.2, -0.15) is 0 Å². The van der Waals surface area contributed by atoms with E-state index in [-0.39, 0.29) is 0 Å². The molecule has 3 unspecified atom stereocenters. The van der Waals surface area contributed by atoms with Crippen molar-refractivity contribution in [1.82, 2.24) is 4.98 Å². The van der Waals surface area contributed by atoms with Crippen LogP contribution in [0.15, 0.2) is 36.5 Å². The largest absolute Gasteiger partial charge is 0.382 e. The Bertz CT molecular complexity index is 564. The van der Waals surface area contributed by atoms with E-state index in [1.54, 1.807) is 0 Å². The summed E-state index contributed by atoms with van der Waals surface area (Å²) in [6.45, 7) is 4.76. The molecule has 2 aromatic rings. The zero-order valence-corrected chi connectivity index (χ0v) is 11.8. The van der Waals surface area contributed by atoms with Crippen molar-refractivity contribution in [2.45, 2.75) is 39.2 Å². The first-order chi connectivity index (χ1) is 9.22. The number of fused-ring (bicyclic) bond motifs is 1. The smallest absolute Gasteiger partial charge is 0.0703 e. The summed E-state index contributed by atoms with van der Waals surface area (Å²) < 4.78 is 0. The SMILES string of the molecule is CC1CCC(Nc2ccc3ncccc3c2)CC1C. The van der Waals surface area contributed by atoms with Crippen LogP contribution in [-0.4, -0.2) is 11.0 Å². The summed E-state index contributed by atoms with van der Waals surface area (Å²) in [7, 11) is 0. The molecule has 1 aliphatic rings. The van der Waals surface area contributed by atoms with Gasteiger partial charge in [0.1, 0.15) is 0 Å². The predicted octanol–water partition coefficient (Wildman–Crippen LogP) is 4.47. The molecule has 3 atom stereocenters. The molecule has 1 saturated carbocycles. The Hall–Kier alpha value is -1.57. The molecular weight excluding hydrogens is 232 g/mol. The van der Waals surface area contributed by atoms with Crippen LogP contribution in [0.4, 0.5) is 5.69 Å². The van der Waals surface area contributed by atoms with Crippen LogP contribution in [0.25, 0.3) is 10.9 Å². The molecule has 19 heavy (non-hydrogen) atoms. The number of rotatable bonds is 2. The molecular formula is C17H22N2. The van der Waals surface area contributed by atoms with Crippen molar-refractivity contribution in [3.8, 4) is 0 Å². The van der Waals surface area contributed by atoms with Gasteiger partial charge in [-0.25, -0.2) is 0 Å². The minimum atomic E-state index is 0.625. The second-order valence-corrected chi connectivity index (χ2v) is 6.02. The van der Waals surface area contributed by atoms with Crippen LogP contribution < -0.4 is 5.32 Å². The van der Waals surface area contributed by atoms with E-state index in [2.05, 4.69) is 48.4 Å². The fourth-order valence-electron chi connectivity index (χ4n) is 3.08. The van der Waals surface area contributed by atoms with Crippen molar-refractivity contribution in [2.24, 2.45) is 11.8 Å². The Morgan fingerprint density at radius 2 is 2.00 bits per heavy atom. The first-order valence-electron chi connectivity index (χ1n) is 7.33. The molecule has 1 aromatic carbocycles. The topological polar surface area (TPSA) is 24.9 Å². The molecule has 1 heterocycles. The van der Waals surface area contributed by atoms with Crippen molar-refractivity contribution in [2.75, 3.05) is 5.32 Å². The molecule has 1 fully saturated rings. The van der Waals surface area contributed by atoms with E-state index in [0.29, 0.717) is 6.04 Å². The van der Waals surface area contributed by atoms with Gasteiger partial charge >= 0.3 is 0 Å². The van der Waals surface area contributed by atoms with E-state index in [4.69, 9.17) is 0 Å². The van der Waals surface area contributed by atoms with Crippen molar-refractivity contribution in [1.29, 1.82) is 0 Å². The van der Waals surface area contributed by atoms with Crippen LogP contribution in [0.1, 0.15) is 33.1 Å². The molecule has 0 spiro atoms. The highest BCUT2D eigenvalue weighted by atomic mass is 14.9. The maximum atomic E-state index is 4.36. The maximum absolute atomic E-state index is 4.36. The summed E-state index contributed by atoms with van der Waals surface area (Å²) >= 11 is 0. The molecule has 1 aliphatic carbocycles. The number of aromatic nitrogens is 1. The van der Waals surface area contributed by atoms with Gasteiger partial charge < -0.3 is 5.32 Å². The normalized spacial score (nSPS) is 27.4. The molecule has 0 saturated heterocycles. The number of nitrogens with one attached hydrogen (secondary N) is 1. The van der Waals surface area contributed by atoms with Gasteiger partial charge in [0.25, 0.3) is 0 Å². The lowest BCUT2D eigenvalue weighted by Gasteiger charge is -2.33. The third kappa shape index (κ3) is 2.73. The van der Waals surface area contributed by atoms with Crippen molar-refractivity contribution < 1.29 is 0 Å². The van der Waals surface area contributed by atoms with Gasteiger partial charge in [0, 0.05) is 23.3 Å². The number of anilines is 1. The standard InChI is InChI=1S/C17H22N2/c1-12-5-6-15(10-13(12)2)19-16-7-8-17-14(11-16)4-3-9-18-17/h3-4,7-9,11-13,15,19H,5-6,10H2,1-2H3. The van der Waals surface area contributed by atoms with Gasteiger partial charge in [0.2, 0.25) is 0 Å². The second kappa shape index (κ2) is 5.20. The number of pyridine rings is 1. The summed E-state index contributed by atoms with van der Waals surface area (Å²) in [4.78, 5) is 4.36. The van der Waals surface area contributed by atoms with Gasteiger partial charge in [-0.3, -0.25) is 4.98 Å². The van der Waals surface area contributed by atoms with Crippen LogP contribution in [0.3, 0.4) is 0 Å². The highest BCUT2D eigenvalue weighted by Gasteiger charge is 2.24. The van der Waals surface area contributed by atoms with Crippen LogP contribution in [0, 0.1) is 11.8 Å². The fraction of sp³-hybridized carbons (Fsp3) is 0.471. The monoisotopic (exact) mass is 254 g/mol. The van der Waals surface area contributed by atoms with Gasteiger partial charge in [-0.15, -0.1) is 0 Å². The Morgan fingerprint density at radius 1 is 1.11 bits per heavy atom. The molecule has 2 heteroatoms. The van der Waals surface area contributed by atoms with E-state index in [9.17, 15) is 0 Å². The van der Waals surface area contributed by atoms with Crippen molar-refractivity contribution in [3.05, 3.63) is 36.5 Å². The van der Waals surface area contributed by atoms with E-state index in [0.717, 1.165) is 17.4 Å². The molecule has 0 aliphatic heterocycles. The zero-order chi connectivity index (χ0) is 13.2. The van der Waals surface area contributed by atoms with Crippen LogP contribution in [0.2, 0.25) is 0 Å². The molecule has 1 aromatic heterocycles. The minimum absolute atomic E-state index is 0.625. The lowest BCUT2D eigenvalue weighted by Crippen LogP contribution is -2.30. The maximum Gasteiger partial charge on any atom is 0.0703 e. The average Bonchev–Trinajstić information content (AvgIpc) is 2.43. The van der Waals surface area contributed by atoms with E-state index in [1.807, 2.05) is 12.3 Å². The molecule has 0 amide bonds. The van der Waals surface area contributed by atoms with Gasteiger partial charge in [0.05, 0.1) is 5.52 Å². The summed E-state index contributed by atoms with van der Waals surface area (Å²) in [5.41, 5.74) is 2.30. The Labute approximate surface area is 115 Å². The Balaban J connectivity index is 1.74. The summed E-state index contributed by atoms with van der Waals surface area (Å²) in [6.07, 6.45) is 5.76. The van der Waals surface area contributed by atoms with Gasteiger partial charge in [-0.05, 0) is 55.4 Å². The number of nitrogens with zero attached hydrogens (tertiary/aromatic N) is 1. The lowest BCUT2D eigenvalue weighted by atomic mass is 9.79. The Morgan fingerprint density at radius 3 is 2.84 bits per heavy atom. The fourth-order valence-corrected chi connectivity index (χ4v) is 3.08. The van der Waals surface area contributed by atoms with Crippen molar-refractivity contribution in [3.63, 3.8) is 0 Å². The van der Waals surface area contributed by atoms with Crippen molar-refractivity contribution >= 4 is 16.6 Å². The van der Waals surface area contributed by atoms with Gasteiger partial charge in [-0.1, -0.05) is 19.9 Å². The summed E-state index contributed by atoms with van der Waals surface area (Å²) in [5, 5.41) is 4.91. The van der Waals surface area contributed by atoms with E-state index in [1.165, 1.54) is 30.3 Å².